The zero-order chi connectivity index (χ0) is 20.9. The van der Waals surface area contributed by atoms with Crippen LogP contribution in [0.2, 0.25) is 0 Å². The first kappa shape index (κ1) is 19.6. The van der Waals surface area contributed by atoms with Crippen molar-refractivity contribution in [3.05, 3.63) is 60.6 Å². The smallest absolute Gasteiger partial charge is 0.375 e. The van der Waals surface area contributed by atoms with Gasteiger partial charge in [0.25, 0.3) is 5.91 Å². The number of amides is 1. The highest BCUT2D eigenvalue weighted by Crippen LogP contribution is 2.14. The summed E-state index contributed by atoms with van der Waals surface area (Å²) in [5, 5.41) is 4.09. The van der Waals surface area contributed by atoms with Crippen LogP contribution in [0.3, 0.4) is 0 Å². The van der Waals surface area contributed by atoms with Crippen LogP contribution in [0.25, 0.3) is 0 Å². The Morgan fingerprint density at radius 3 is 2.57 bits per heavy atom. The van der Waals surface area contributed by atoms with E-state index in [-0.39, 0.29) is 11.7 Å². The van der Waals surface area contributed by atoms with Crippen molar-refractivity contribution in [1.29, 1.82) is 0 Å². The summed E-state index contributed by atoms with van der Waals surface area (Å²) in [4.78, 5) is 37.2. The Balaban J connectivity index is 1.28. The number of piperazine rings is 1. The first-order valence-corrected chi connectivity index (χ1v) is 9.68. The van der Waals surface area contributed by atoms with E-state index in [2.05, 4.69) is 15.1 Å². The Morgan fingerprint density at radius 1 is 1.10 bits per heavy atom. The third kappa shape index (κ3) is 4.48. The van der Waals surface area contributed by atoms with Crippen LogP contribution in [0.5, 0.6) is 0 Å². The Hall–Kier alpha value is -3.69. The lowest BCUT2D eigenvalue weighted by Crippen LogP contribution is -2.52. The van der Waals surface area contributed by atoms with Crippen molar-refractivity contribution in [2.75, 3.05) is 31.1 Å². The highest BCUT2D eigenvalue weighted by atomic mass is 16.6. The van der Waals surface area contributed by atoms with Crippen molar-refractivity contribution in [3.63, 3.8) is 0 Å². The number of hydrogen-bond acceptors (Lipinski definition) is 8. The van der Waals surface area contributed by atoms with E-state index in [1.165, 1.54) is 6.07 Å². The molecule has 0 aliphatic carbocycles. The molecule has 1 aliphatic heterocycles. The zero-order valence-corrected chi connectivity index (χ0v) is 16.5. The van der Waals surface area contributed by atoms with Crippen LogP contribution in [-0.2, 0) is 16.1 Å². The summed E-state index contributed by atoms with van der Waals surface area (Å²) in [7, 11) is 0. The molecule has 156 valence electrons. The van der Waals surface area contributed by atoms with E-state index in [9.17, 15) is 9.59 Å². The number of aromatic nitrogens is 4. The van der Waals surface area contributed by atoms with Gasteiger partial charge in [0.2, 0.25) is 11.7 Å². The van der Waals surface area contributed by atoms with Crippen LogP contribution in [0.15, 0.2) is 53.5 Å². The van der Waals surface area contributed by atoms with Crippen LogP contribution in [0, 0.1) is 0 Å². The molecule has 3 aromatic rings. The fourth-order valence-electron chi connectivity index (χ4n) is 3.23. The molecule has 4 rings (SSSR count). The van der Waals surface area contributed by atoms with Crippen LogP contribution in [-0.4, -0.2) is 68.8 Å². The second-order valence-electron chi connectivity index (χ2n) is 6.88. The highest BCUT2D eigenvalue weighted by Gasteiger charge is 2.28. The van der Waals surface area contributed by atoms with Crippen LogP contribution >= 0.6 is 0 Å². The van der Waals surface area contributed by atoms with Crippen molar-refractivity contribution in [2.45, 2.75) is 19.6 Å². The predicted molar refractivity (Wildman–Crippen MR) is 106 cm³/mol. The molecule has 10 heteroatoms. The average molecular weight is 410 g/mol. The number of carbonyl (C=O) groups is 2. The lowest BCUT2D eigenvalue weighted by Gasteiger charge is -2.35. The number of nitrogens with zero attached hydrogens (tertiary/aromatic N) is 6. The van der Waals surface area contributed by atoms with Crippen LogP contribution < -0.4 is 4.90 Å². The minimum atomic E-state index is -0.906. The first-order chi connectivity index (χ1) is 14.6. The third-order valence-electron chi connectivity index (χ3n) is 4.80. The molecule has 10 nitrogen and oxygen atoms in total. The van der Waals surface area contributed by atoms with E-state index in [1.807, 2.05) is 4.90 Å². The quantitative estimate of drug-likeness (QED) is 0.558. The van der Waals surface area contributed by atoms with Crippen molar-refractivity contribution >= 4 is 17.8 Å². The minimum absolute atomic E-state index is 0.0582. The molecule has 0 saturated carbocycles. The molecule has 1 amide bonds. The number of furan rings is 1. The SMILES string of the molecule is CC(OC(=O)c1ccc(Cn2cccn2)o1)C(=O)N1CCN(c2ncccn2)CC1. The summed E-state index contributed by atoms with van der Waals surface area (Å²) >= 11 is 0. The van der Waals surface area contributed by atoms with Gasteiger partial charge in [-0.2, -0.15) is 5.10 Å². The molecule has 0 bridgehead atoms. The molecule has 1 unspecified atom stereocenters. The molecule has 3 aromatic heterocycles. The van der Waals surface area contributed by atoms with Gasteiger partial charge in [0.05, 0.1) is 6.54 Å². The summed E-state index contributed by atoms with van der Waals surface area (Å²) in [6, 6.07) is 6.80. The van der Waals surface area contributed by atoms with Crippen molar-refractivity contribution in [1.82, 2.24) is 24.6 Å². The molecule has 1 saturated heterocycles. The summed E-state index contributed by atoms with van der Waals surface area (Å²) in [5.74, 6) is 0.374. The lowest BCUT2D eigenvalue weighted by molar-refractivity contribution is -0.140. The van der Waals surface area contributed by atoms with Gasteiger partial charge in [0, 0.05) is 51.0 Å². The molecule has 0 radical (unpaired) electrons. The largest absolute Gasteiger partial charge is 0.452 e. The van der Waals surface area contributed by atoms with E-state index in [4.69, 9.17) is 9.15 Å². The van der Waals surface area contributed by atoms with E-state index in [1.54, 1.807) is 59.5 Å². The molecule has 1 atom stereocenters. The van der Waals surface area contributed by atoms with Crippen molar-refractivity contribution in [2.24, 2.45) is 0 Å². The van der Waals surface area contributed by atoms with Crippen molar-refractivity contribution < 1.29 is 18.7 Å². The molecule has 30 heavy (non-hydrogen) atoms. The van der Waals surface area contributed by atoms with Gasteiger partial charge in [-0.1, -0.05) is 0 Å². The monoisotopic (exact) mass is 410 g/mol. The second-order valence-corrected chi connectivity index (χ2v) is 6.88. The Bertz CT molecular complexity index is 980. The maximum Gasteiger partial charge on any atom is 0.375 e. The van der Waals surface area contributed by atoms with Gasteiger partial charge in [0.15, 0.2) is 6.10 Å². The van der Waals surface area contributed by atoms with Gasteiger partial charge in [0.1, 0.15) is 5.76 Å². The first-order valence-electron chi connectivity index (χ1n) is 9.68. The molecule has 1 aliphatic rings. The van der Waals surface area contributed by atoms with Crippen molar-refractivity contribution in [3.8, 4) is 0 Å². The predicted octanol–water partition coefficient (Wildman–Crippen LogP) is 1.21. The normalized spacial score (nSPS) is 15.1. The number of carbonyl (C=O) groups excluding carboxylic acids is 2. The van der Waals surface area contributed by atoms with Crippen LogP contribution in [0.1, 0.15) is 23.2 Å². The molecular weight excluding hydrogens is 388 g/mol. The molecule has 0 N–H and O–H groups in total. The van der Waals surface area contributed by atoms with Gasteiger partial charge in [-0.05, 0) is 31.2 Å². The summed E-state index contributed by atoms with van der Waals surface area (Å²) in [6.45, 7) is 4.23. The summed E-state index contributed by atoms with van der Waals surface area (Å²) in [6.07, 6.45) is 5.94. The third-order valence-corrected chi connectivity index (χ3v) is 4.80. The second kappa shape index (κ2) is 8.76. The summed E-state index contributed by atoms with van der Waals surface area (Å²) < 4.78 is 12.5. The number of anilines is 1. The minimum Gasteiger partial charge on any atom is -0.452 e. The molecule has 0 spiro atoms. The molecule has 4 heterocycles. The standard InChI is InChI=1S/C20H22N6O4/c1-15(18(27)24-10-12-25(13-11-24)20-21-6-2-7-22-20)29-19(28)17-5-4-16(30-17)14-26-9-3-8-23-26/h2-9,15H,10-14H2,1H3. The van der Waals surface area contributed by atoms with Gasteiger partial charge in [-0.15, -0.1) is 0 Å². The van der Waals surface area contributed by atoms with Crippen LogP contribution in [0.4, 0.5) is 5.95 Å². The average Bonchev–Trinajstić information content (AvgIpc) is 3.46. The van der Waals surface area contributed by atoms with Gasteiger partial charge >= 0.3 is 5.97 Å². The van der Waals surface area contributed by atoms with Gasteiger partial charge in [-0.3, -0.25) is 9.48 Å². The van der Waals surface area contributed by atoms with E-state index in [0.29, 0.717) is 44.4 Å². The number of hydrogen-bond donors (Lipinski definition) is 0. The van der Waals surface area contributed by atoms with E-state index < -0.39 is 12.1 Å². The topological polar surface area (TPSA) is 107 Å². The lowest BCUT2D eigenvalue weighted by atomic mass is 10.2. The van der Waals surface area contributed by atoms with Gasteiger partial charge in [-0.25, -0.2) is 14.8 Å². The van der Waals surface area contributed by atoms with Gasteiger partial charge < -0.3 is 19.0 Å². The molecule has 0 aromatic carbocycles. The Morgan fingerprint density at radius 2 is 1.87 bits per heavy atom. The van der Waals surface area contributed by atoms with E-state index in [0.717, 1.165) is 0 Å². The fourth-order valence-corrected chi connectivity index (χ4v) is 3.23. The highest BCUT2D eigenvalue weighted by molar-refractivity contribution is 5.90. The number of ether oxygens (including phenoxy) is 1. The molecular formula is C20H22N6O4. The van der Waals surface area contributed by atoms with E-state index >= 15 is 0 Å². The zero-order valence-electron chi connectivity index (χ0n) is 16.5. The number of rotatable bonds is 6. The maximum atomic E-state index is 12.7. The molecule has 1 fully saturated rings. The Labute approximate surface area is 173 Å². The number of esters is 1. The maximum absolute atomic E-state index is 12.7. The summed E-state index contributed by atoms with van der Waals surface area (Å²) in [5.41, 5.74) is 0. The Kier molecular flexibility index (Phi) is 5.73. The fraction of sp³-hybridized carbons (Fsp3) is 0.350.